The molecule has 0 atom stereocenters. The van der Waals surface area contributed by atoms with Gasteiger partial charge in [-0.05, 0) is 30.0 Å². The minimum atomic E-state index is 0.169. The van der Waals surface area contributed by atoms with Crippen molar-refractivity contribution in [2.75, 3.05) is 44.7 Å². The molecule has 1 aromatic rings. The SMILES string of the molecule is CC(C)(C)c1ccc(NCCCN2CCOCC2)nc1. The second-order valence-corrected chi connectivity index (χ2v) is 6.42. The molecule has 0 amide bonds. The normalized spacial score (nSPS) is 17.1. The van der Waals surface area contributed by atoms with Crippen LogP contribution in [0.2, 0.25) is 0 Å². The molecular weight excluding hydrogens is 250 g/mol. The minimum Gasteiger partial charge on any atom is -0.379 e. The third kappa shape index (κ3) is 4.76. The van der Waals surface area contributed by atoms with Crippen LogP contribution in [-0.2, 0) is 10.2 Å². The second kappa shape index (κ2) is 7.04. The smallest absolute Gasteiger partial charge is 0.125 e. The van der Waals surface area contributed by atoms with Gasteiger partial charge in [-0.25, -0.2) is 4.98 Å². The zero-order valence-electron chi connectivity index (χ0n) is 13.0. The topological polar surface area (TPSA) is 37.4 Å². The van der Waals surface area contributed by atoms with E-state index < -0.39 is 0 Å². The molecule has 2 rings (SSSR count). The average molecular weight is 277 g/mol. The lowest BCUT2D eigenvalue weighted by Crippen LogP contribution is -2.37. The highest BCUT2D eigenvalue weighted by Gasteiger charge is 2.13. The Hall–Kier alpha value is -1.13. The Bertz CT molecular complexity index is 391. The second-order valence-electron chi connectivity index (χ2n) is 6.42. The summed E-state index contributed by atoms with van der Waals surface area (Å²) in [6.45, 7) is 12.6. The van der Waals surface area contributed by atoms with Crippen LogP contribution >= 0.6 is 0 Å². The Balaban J connectivity index is 1.68. The number of ether oxygens (including phenoxy) is 1. The van der Waals surface area contributed by atoms with Gasteiger partial charge in [0.25, 0.3) is 0 Å². The van der Waals surface area contributed by atoms with E-state index in [1.54, 1.807) is 0 Å². The molecule has 2 heterocycles. The van der Waals surface area contributed by atoms with Crippen LogP contribution in [0, 0.1) is 0 Å². The van der Waals surface area contributed by atoms with E-state index in [2.05, 4.69) is 48.1 Å². The van der Waals surface area contributed by atoms with Crippen molar-refractivity contribution in [3.8, 4) is 0 Å². The van der Waals surface area contributed by atoms with Crippen LogP contribution in [0.25, 0.3) is 0 Å². The summed E-state index contributed by atoms with van der Waals surface area (Å²) in [4.78, 5) is 6.94. The van der Waals surface area contributed by atoms with Crippen LogP contribution in [0.3, 0.4) is 0 Å². The van der Waals surface area contributed by atoms with Crippen LogP contribution in [0.4, 0.5) is 5.82 Å². The van der Waals surface area contributed by atoms with Crippen LogP contribution in [-0.4, -0.2) is 49.3 Å². The first-order valence-electron chi connectivity index (χ1n) is 7.56. The summed E-state index contributed by atoms with van der Waals surface area (Å²) in [5.74, 6) is 0.972. The van der Waals surface area contributed by atoms with E-state index in [0.29, 0.717) is 0 Å². The first-order chi connectivity index (χ1) is 9.55. The number of aromatic nitrogens is 1. The van der Waals surface area contributed by atoms with Gasteiger partial charge in [-0.2, -0.15) is 0 Å². The van der Waals surface area contributed by atoms with Crippen molar-refractivity contribution in [3.05, 3.63) is 23.9 Å². The molecule has 20 heavy (non-hydrogen) atoms. The molecule has 0 unspecified atom stereocenters. The number of hydrogen-bond donors (Lipinski definition) is 1. The predicted octanol–water partition coefficient (Wildman–Crippen LogP) is 2.51. The summed E-state index contributed by atoms with van der Waals surface area (Å²) in [6, 6.07) is 4.24. The van der Waals surface area contributed by atoms with Gasteiger partial charge in [0.05, 0.1) is 13.2 Å². The first kappa shape index (κ1) is 15.3. The quantitative estimate of drug-likeness (QED) is 0.839. The summed E-state index contributed by atoms with van der Waals surface area (Å²) in [6.07, 6.45) is 3.12. The van der Waals surface area contributed by atoms with E-state index in [4.69, 9.17) is 4.74 Å². The maximum Gasteiger partial charge on any atom is 0.125 e. The molecule has 0 radical (unpaired) electrons. The number of pyridine rings is 1. The van der Waals surface area contributed by atoms with E-state index in [1.807, 2.05) is 6.20 Å². The number of morpholine rings is 1. The molecule has 1 N–H and O–H groups in total. The van der Waals surface area contributed by atoms with Crippen molar-refractivity contribution < 1.29 is 4.74 Å². The summed E-state index contributed by atoms with van der Waals surface area (Å²) >= 11 is 0. The molecule has 1 aliphatic heterocycles. The van der Waals surface area contributed by atoms with Gasteiger partial charge in [0, 0.05) is 25.8 Å². The Morgan fingerprint density at radius 1 is 1.25 bits per heavy atom. The number of nitrogens with one attached hydrogen (secondary N) is 1. The molecule has 112 valence electrons. The zero-order valence-corrected chi connectivity index (χ0v) is 13.0. The molecule has 0 aromatic carbocycles. The summed E-state index contributed by atoms with van der Waals surface area (Å²) in [7, 11) is 0. The Morgan fingerprint density at radius 3 is 2.60 bits per heavy atom. The molecular formula is C16H27N3O. The molecule has 4 nitrogen and oxygen atoms in total. The van der Waals surface area contributed by atoms with Gasteiger partial charge in [0.1, 0.15) is 5.82 Å². The van der Waals surface area contributed by atoms with Gasteiger partial charge in [0.15, 0.2) is 0 Å². The highest BCUT2D eigenvalue weighted by Crippen LogP contribution is 2.21. The molecule has 1 aliphatic rings. The van der Waals surface area contributed by atoms with Crippen LogP contribution < -0.4 is 5.32 Å². The third-order valence-electron chi connectivity index (χ3n) is 3.69. The van der Waals surface area contributed by atoms with E-state index in [9.17, 15) is 0 Å². The van der Waals surface area contributed by atoms with Gasteiger partial charge in [0.2, 0.25) is 0 Å². The maximum atomic E-state index is 5.35. The Morgan fingerprint density at radius 2 is 2.00 bits per heavy atom. The third-order valence-corrected chi connectivity index (χ3v) is 3.69. The highest BCUT2D eigenvalue weighted by atomic mass is 16.5. The van der Waals surface area contributed by atoms with Crippen molar-refractivity contribution in [2.24, 2.45) is 0 Å². The highest BCUT2D eigenvalue weighted by molar-refractivity contribution is 5.36. The van der Waals surface area contributed by atoms with E-state index in [0.717, 1.165) is 51.6 Å². The zero-order chi connectivity index (χ0) is 14.4. The summed E-state index contributed by atoms with van der Waals surface area (Å²) < 4.78 is 5.35. The number of anilines is 1. The standard InChI is InChI=1S/C16H27N3O/c1-16(2,3)14-5-6-15(18-13-14)17-7-4-8-19-9-11-20-12-10-19/h5-6,13H,4,7-12H2,1-3H3,(H,17,18). The van der Waals surface area contributed by atoms with E-state index >= 15 is 0 Å². The molecule has 1 saturated heterocycles. The fourth-order valence-corrected chi connectivity index (χ4v) is 2.29. The molecule has 0 spiro atoms. The van der Waals surface area contributed by atoms with E-state index in [-0.39, 0.29) is 5.41 Å². The molecule has 0 saturated carbocycles. The molecule has 1 fully saturated rings. The van der Waals surface area contributed by atoms with E-state index in [1.165, 1.54) is 5.56 Å². The van der Waals surface area contributed by atoms with Crippen LogP contribution in [0.5, 0.6) is 0 Å². The molecule has 1 aromatic heterocycles. The van der Waals surface area contributed by atoms with Gasteiger partial charge in [-0.1, -0.05) is 26.8 Å². The fraction of sp³-hybridized carbons (Fsp3) is 0.688. The largest absolute Gasteiger partial charge is 0.379 e. The predicted molar refractivity (Wildman–Crippen MR) is 83.3 cm³/mol. The molecule has 4 heteroatoms. The van der Waals surface area contributed by atoms with Crippen molar-refractivity contribution in [1.82, 2.24) is 9.88 Å². The van der Waals surface area contributed by atoms with Gasteiger partial charge in [-0.15, -0.1) is 0 Å². The lowest BCUT2D eigenvalue weighted by atomic mass is 9.88. The summed E-state index contributed by atoms with van der Waals surface area (Å²) in [5.41, 5.74) is 1.44. The Kier molecular flexibility index (Phi) is 5.38. The maximum absolute atomic E-state index is 5.35. The van der Waals surface area contributed by atoms with Crippen LogP contribution in [0.15, 0.2) is 18.3 Å². The van der Waals surface area contributed by atoms with Crippen molar-refractivity contribution in [1.29, 1.82) is 0 Å². The van der Waals surface area contributed by atoms with Gasteiger partial charge < -0.3 is 10.1 Å². The van der Waals surface area contributed by atoms with Crippen molar-refractivity contribution >= 4 is 5.82 Å². The lowest BCUT2D eigenvalue weighted by molar-refractivity contribution is 0.0378. The molecule has 0 bridgehead atoms. The number of hydrogen-bond acceptors (Lipinski definition) is 4. The summed E-state index contributed by atoms with van der Waals surface area (Å²) in [5, 5.41) is 3.39. The van der Waals surface area contributed by atoms with Crippen LogP contribution in [0.1, 0.15) is 32.8 Å². The van der Waals surface area contributed by atoms with Crippen molar-refractivity contribution in [2.45, 2.75) is 32.6 Å². The number of nitrogens with zero attached hydrogens (tertiary/aromatic N) is 2. The number of rotatable bonds is 5. The monoisotopic (exact) mass is 277 g/mol. The average Bonchev–Trinajstić information content (AvgIpc) is 2.44. The molecule has 0 aliphatic carbocycles. The first-order valence-corrected chi connectivity index (χ1v) is 7.56. The van der Waals surface area contributed by atoms with Gasteiger partial charge in [-0.3, -0.25) is 4.90 Å². The minimum absolute atomic E-state index is 0.169. The lowest BCUT2D eigenvalue weighted by Gasteiger charge is -2.26. The Labute approximate surface area is 122 Å². The fourth-order valence-electron chi connectivity index (χ4n) is 2.29. The van der Waals surface area contributed by atoms with Crippen molar-refractivity contribution in [3.63, 3.8) is 0 Å². The van der Waals surface area contributed by atoms with Gasteiger partial charge >= 0.3 is 0 Å².